The van der Waals surface area contributed by atoms with Crippen molar-refractivity contribution in [3.63, 3.8) is 0 Å². The Kier molecular flexibility index (Phi) is 9.19. The first kappa shape index (κ1) is 30.8. The van der Waals surface area contributed by atoms with Gasteiger partial charge in [-0.3, -0.25) is 4.79 Å². The van der Waals surface area contributed by atoms with E-state index in [1.54, 1.807) is 6.08 Å². The lowest BCUT2D eigenvalue weighted by atomic mass is 9.98. The third kappa shape index (κ3) is 7.21. The van der Waals surface area contributed by atoms with Gasteiger partial charge in [0.2, 0.25) is 5.91 Å². The summed E-state index contributed by atoms with van der Waals surface area (Å²) < 4.78 is 21.4. The van der Waals surface area contributed by atoms with Gasteiger partial charge in [-0.05, 0) is 59.6 Å². The highest BCUT2D eigenvalue weighted by atomic mass is 31.2. The Balaban J connectivity index is 1.09. The molecule has 45 heavy (non-hydrogen) atoms. The third-order valence-corrected chi connectivity index (χ3v) is 9.03. The molecule has 2 atom stereocenters. The number of phosphoric ester groups is 1. The molecule has 4 aromatic rings. The second-order valence-corrected chi connectivity index (χ2v) is 12.6. The number of hydrogen-bond donors (Lipinski definition) is 3. The number of benzene rings is 3. The molecule has 0 radical (unpaired) electrons. The van der Waals surface area contributed by atoms with Crippen LogP contribution in [0.3, 0.4) is 0 Å². The van der Waals surface area contributed by atoms with Crippen LogP contribution in [0.5, 0.6) is 0 Å². The van der Waals surface area contributed by atoms with Gasteiger partial charge in [0.25, 0.3) is 0 Å². The lowest BCUT2D eigenvalue weighted by Gasteiger charge is -2.30. The standard InChI is InChI=1S/C34H36N3O7P/c38-33(35-17-16-23-19-36-32-15-6-5-9-25(23)32)26-14-7-8-22(26)18-24(20-44-45(40,41)42)37-34(39)43-21-31-29-12-3-1-10-27(29)28-11-2-4-13-30(28)31/h1-6,9-13,15,18-19,24,26,31,36H,7-8,14,16-17,20-21H2,(H,35,38)(H,37,39)(H2,40,41,42)/p-2/b22-18+/t24-,26-/m1/s1. The van der Waals surface area contributed by atoms with Gasteiger partial charge >= 0.3 is 6.09 Å². The third-order valence-electron chi connectivity index (χ3n) is 8.57. The van der Waals surface area contributed by atoms with E-state index in [1.165, 1.54) is 0 Å². The lowest BCUT2D eigenvalue weighted by Crippen LogP contribution is -2.39. The molecule has 2 aliphatic carbocycles. The van der Waals surface area contributed by atoms with Gasteiger partial charge in [0.15, 0.2) is 0 Å². The largest absolute Gasteiger partial charge is 0.790 e. The number of fused-ring (bicyclic) bond motifs is 4. The van der Waals surface area contributed by atoms with Crippen LogP contribution in [0.1, 0.15) is 41.9 Å². The van der Waals surface area contributed by atoms with Gasteiger partial charge in [0.05, 0.1) is 26.4 Å². The van der Waals surface area contributed by atoms with E-state index in [9.17, 15) is 23.9 Å². The molecule has 234 valence electrons. The molecule has 1 heterocycles. The highest BCUT2D eigenvalue weighted by Gasteiger charge is 2.31. The van der Waals surface area contributed by atoms with Crippen LogP contribution in [0.15, 0.2) is 90.6 Å². The number of carbonyl (C=O) groups excluding carboxylic acids is 2. The summed E-state index contributed by atoms with van der Waals surface area (Å²) in [7, 11) is -5.31. The van der Waals surface area contributed by atoms with Crippen LogP contribution in [0.4, 0.5) is 4.79 Å². The molecule has 0 bridgehead atoms. The fraction of sp³-hybridized carbons (Fsp3) is 0.294. The van der Waals surface area contributed by atoms with Crippen molar-refractivity contribution >= 4 is 30.7 Å². The molecule has 1 saturated carbocycles. The van der Waals surface area contributed by atoms with Crippen molar-refractivity contribution in [1.29, 1.82) is 0 Å². The summed E-state index contributed by atoms with van der Waals surface area (Å²) in [4.78, 5) is 51.9. The topological polar surface area (TPSA) is 156 Å². The number of phosphoric acid groups is 1. The zero-order valence-corrected chi connectivity index (χ0v) is 25.5. The average molecular weight is 628 g/mol. The zero-order chi connectivity index (χ0) is 31.4. The molecule has 0 spiro atoms. The number of ether oxygens (including phenoxy) is 1. The Morgan fingerprint density at radius 3 is 2.42 bits per heavy atom. The molecule has 6 rings (SSSR count). The predicted octanol–water partition coefficient (Wildman–Crippen LogP) is 4.31. The van der Waals surface area contributed by atoms with Gasteiger partial charge in [-0.2, -0.15) is 0 Å². The number of H-pyrrole nitrogens is 1. The minimum Gasteiger partial charge on any atom is -0.790 e. The first-order chi connectivity index (χ1) is 21.8. The van der Waals surface area contributed by atoms with Crippen molar-refractivity contribution in [2.75, 3.05) is 19.8 Å². The molecule has 11 heteroatoms. The molecule has 0 aliphatic heterocycles. The molecule has 3 aromatic carbocycles. The van der Waals surface area contributed by atoms with E-state index in [4.69, 9.17) is 4.74 Å². The maximum atomic E-state index is 13.2. The number of alkyl carbamates (subject to hydrolysis) is 1. The maximum absolute atomic E-state index is 13.2. The summed E-state index contributed by atoms with van der Waals surface area (Å²) in [6.07, 6.45) is 5.40. The minimum atomic E-state index is -5.31. The van der Waals surface area contributed by atoms with Gasteiger partial charge in [0.1, 0.15) is 6.61 Å². The van der Waals surface area contributed by atoms with Crippen LogP contribution in [0, 0.1) is 5.92 Å². The van der Waals surface area contributed by atoms with Gasteiger partial charge in [-0.1, -0.05) is 78.4 Å². The van der Waals surface area contributed by atoms with Gasteiger partial charge in [0, 0.05) is 29.6 Å². The molecule has 0 unspecified atom stereocenters. The summed E-state index contributed by atoms with van der Waals surface area (Å²) in [6.45, 7) is -0.0928. The molecular formula is C34H34N3O7P-2. The van der Waals surface area contributed by atoms with Crippen molar-refractivity contribution in [3.8, 4) is 11.1 Å². The molecule has 10 nitrogen and oxygen atoms in total. The first-order valence-electron chi connectivity index (χ1n) is 15.1. The highest BCUT2D eigenvalue weighted by Crippen LogP contribution is 2.44. The van der Waals surface area contributed by atoms with Crippen LogP contribution in [-0.4, -0.2) is 42.8 Å². The van der Waals surface area contributed by atoms with Crippen LogP contribution in [0.25, 0.3) is 22.0 Å². The van der Waals surface area contributed by atoms with E-state index < -0.39 is 32.5 Å². The second-order valence-electron chi connectivity index (χ2n) is 11.4. The van der Waals surface area contributed by atoms with Crippen molar-refractivity contribution in [3.05, 3.63) is 107 Å². The van der Waals surface area contributed by atoms with Crippen LogP contribution in [-0.2, 0) is 25.0 Å². The number of hydrogen-bond acceptors (Lipinski definition) is 7. The smallest absolute Gasteiger partial charge is 0.407 e. The van der Waals surface area contributed by atoms with E-state index >= 15 is 0 Å². The molecule has 3 N–H and O–H groups in total. The maximum Gasteiger partial charge on any atom is 0.407 e. The predicted molar refractivity (Wildman–Crippen MR) is 166 cm³/mol. The van der Waals surface area contributed by atoms with E-state index in [0.29, 0.717) is 25.8 Å². The SMILES string of the molecule is O=C(N[C@H](/C=C1\CCC[C@H]1C(=O)NCCc1c[nH]c2ccccc12)COP(=O)([O-])[O-])OCC1c2ccccc2-c2ccccc21. The summed E-state index contributed by atoms with van der Waals surface area (Å²) in [5, 5.41) is 6.76. The molecule has 2 aliphatic rings. The van der Waals surface area contributed by atoms with Crippen LogP contribution in [0.2, 0.25) is 0 Å². The highest BCUT2D eigenvalue weighted by molar-refractivity contribution is 7.43. The number of aromatic nitrogens is 1. The van der Waals surface area contributed by atoms with E-state index in [0.717, 1.165) is 50.7 Å². The molecule has 1 aromatic heterocycles. The Hall–Kier alpha value is -4.21. The van der Waals surface area contributed by atoms with Gasteiger partial charge in [-0.15, -0.1) is 0 Å². The number of nitrogens with one attached hydrogen (secondary N) is 3. The van der Waals surface area contributed by atoms with Gasteiger partial charge in [-0.25, -0.2) is 4.79 Å². The Labute approximate surface area is 261 Å². The number of rotatable bonds is 11. The number of aromatic amines is 1. The van der Waals surface area contributed by atoms with Crippen molar-refractivity contribution in [2.24, 2.45) is 5.92 Å². The van der Waals surface area contributed by atoms with Crippen LogP contribution >= 0.6 is 7.82 Å². The van der Waals surface area contributed by atoms with Crippen molar-refractivity contribution in [2.45, 2.75) is 37.6 Å². The Morgan fingerprint density at radius 1 is 1.00 bits per heavy atom. The number of para-hydroxylation sites is 1. The first-order valence-corrected chi connectivity index (χ1v) is 16.5. The number of carbonyl (C=O) groups is 2. The fourth-order valence-corrected chi connectivity index (χ4v) is 6.85. The van der Waals surface area contributed by atoms with E-state index in [1.807, 2.05) is 79.0 Å². The lowest BCUT2D eigenvalue weighted by molar-refractivity contribution is -0.341. The average Bonchev–Trinajstić information content (AvgIpc) is 3.75. The number of amides is 2. The van der Waals surface area contributed by atoms with E-state index in [2.05, 4.69) is 20.1 Å². The minimum absolute atomic E-state index is 0.0626. The quantitative estimate of drug-likeness (QED) is 0.165. The molecule has 1 fully saturated rings. The zero-order valence-electron chi connectivity index (χ0n) is 24.6. The van der Waals surface area contributed by atoms with Gasteiger partial charge < -0.3 is 39.2 Å². The molecular weight excluding hydrogens is 593 g/mol. The van der Waals surface area contributed by atoms with E-state index in [-0.39, 0.29) is 18.4 Å². The van der Waals surface area contributed by atoms with Crippen LogP contribution < -0.4 is 20.4 Å². The summed E-state index contributed by atoms with van der Waals surface area (Å²) >= 11 is 0. The Bertz CT molecular complexity index is 1730. The summed E-state index contributed by atoms with van der Waals surface area (Å²) in [6, 6.07) is 22.9. The normalized spacial score (nSPS) is 17.6. The van der Waals surface area contributed by atoms with Crippen molar-refractivity contribution in [1.82, 2.24) is 15.6 Å². The fourth-order valence-electron chi connectivity index (χ4n) is 6.50. The summed E-state index contributed by atoms with van der Waals surface area (Å²) in [5.74, 6) is -0.740. The summed E-state index contributed by atoms with van der Waals surface area (Å²) in [5.41, 5.74) is 7.18. The molecule has 2 amide bonds. The van der Waals surface area contributed by atoms with Crippen molar-refractivity contribution < 1.29 is 33.2 Å². The molecule has 0 saturated heterocycles. The Morgan fingerprint density at radius 2 is 1.69 bits per heavy atom. The second kappa shape index (κ2) is 13.4. The monoisotopic (exact) mass is 627 g/mol.